The van der Waals surface area contributed by atoms with E-state index < -0.39 is 5.54 Å². The fourth-order valence-corrected chi connectivity index (χ4v) is 6.55. The number of nitrogens with zero attached hydrogens (tertiary/aromatic N) is 2. The number of carbonyl (C=O) groups excluding carboxylic acids is 1. The monoisotopic (exact) mass is 463 g/mol. The zero-order valence-electron chi connectivity index (χ0n) is 20.7. The molecule has 0 aliphatic heterocycles. The minimum absolute atomic E-state index is 0.106. The molecule has 0 spiro atoms. The van der Waals surface area contributed by atoms with Gasteiger partial charge in [-0.3, -0.25) is 10.1 Å². The second-order valence-corrected chi connectivity index (χ2v) is 11.8. The quantitative estimate of drug-likeness (QED) is 0.235. The Morgan fingerprint density at radius 1 is 1.22 bits per heavy atom. The van der Waals surface area contributed by atoms with Crippen LogP contribution in [0.25, 0.3) is 0 Å². The number of carbonyl (C=O) groups is 1. The minimum atomic E-state index is -0.609. The molecule has 2 bridgehead atoms. The molecule has 2 aliphatic rings. The summed E-state index contributed by atoms with van der Waals surface area (Å²) >= 11 is 1.41. The molecular formula is C25H41N3O3S. The molecule has 0 saturated heterocycles. The number of likely N-dealkylation sites (N-methyl/N-ethyl adjacent to an activating group) is 1. The Morgan fingerprint density at radius 3 is 2.47 bits per heavy atom. The predicted octanol–water partition coefficient (Wildman–Crippen LogP) is 5.88. The van der Waals surface area contributed by atoms with Gasteiger partial charge in [0.15, 0.2) is 0 Å². The van der Waals surface area contributed by atoms with Crippen molar-refractivity contribution >= 4 is 23.9 Å². The van der Waals surface area contributed by atoms with E-state index in [0.29, 0.717) is 5.56 Å². The van der Waals surface area contributed by atoms with Crippen molar-refractivity contribution in [3.63, 3.8) is 0 Å². The van der Waals surface area contributed by atoms with Gasteiger partial charge in [-0.15, -0.1) is 0 Å². The van der Waals surface area contributed by atoms with Crippen molar-refractivity contribution in [2.75, 3.05) is 14.1 Å². The van der Waals surface area contributed by atoms with Crippen LogP contribution in [0.15, 0.2) is 24.3 Å². The van der Waals surface area contributed by atoms with Gasteiger partial charge < -0.3 is 10.1 Å². The zero-order valence-corrected chi connectivity index (χ0v) is 21.5. The van der Waals surface area contributed by atoms with E-state index in [2.05, 4.69) is 26.2 Å². The normalized spacial score (nSPS) is 28.4. The van der Waals surface area contributed by atoms with Crippen LogP contribution in [-0.2, 0) is 4.79 Å². The second-order valence-electron chi connectivity index (χ2n) is 10.3. The van der Waals surface area contributed by atoms with E-state index in [9.17, 15) is 14.9 Å². The average Bonchev–Trinajstić information content (AvgIpc) is 2.73. The molecule has 0 amide bonds. The van der Waals surface area contributed by atoms with Crippen LogP contribution in [0, 0.1) is 33.8 Å². The zero-order chi connectivity index (χ0) is 24.1. The van der Waals surface area contributed by atoms with E-state index in [1.165, 1.54) is 43.7 Å². The fraction of sp³-hybridized carbons (Fsp3) is 0.720. The van der Waals surface area contributed by atoms with Crippen molar-refractivity contribution in [1.29, 1.82) is 0 Å². The molecule has 6 nitrogen and oxygen atoms in total. The third-order valence-corrected chi connectivity index (χ3v) is 8.58. The molecule has 0 aromatic heterocycles. The predicted molar refractivity (Wildman–Crippen MR) is 134 cm³/mol. The van der Waals surface area contributed by atoms with E-state index in [1.54, 1.807) is 32.0 Å². The number of nitro groups is 1. The summed E-state index contributed by atoms with van der Waals surface area (Å²) in [5.74, 6) is 3.91. The number of para-hydroxylation sites is 1. The van der Waals surface area contributed by atoms with Crippen molar-refractivity contribution in [3.8, 4) is 0 Å². The van der Waals surface area contributed by atoms with Gasteiger partial charge in [-0.05, 0) is 84.2 Å². The Hall–Kier alpha value is -1.44. The lowest BCUT2D eigenvalue weighted by atomic mass is 9.63. The van der Waals surface area contributed by atoms with Gasteiger partial charge in [0.05, 0.1) is 10.5 Å². The van der Waals surface area contributed by atoms with E-state index in [1.807, 2.05) is 18.3 Å². The smallest absolute Gasteiger partial charge is 0.273 e. The summed E-state index contributed by atoms with van der Waals surface area (Å²) in [4.78, 5) is 21.6. The summed E-state index contributed by atoms with van der Waals surface area (Å²) in [7, 11) is 3.95. The number of rotatable bonds is 7. The highest BCUT2D eigenvalue weighted by molar-refractivity contribution is 7.97. The molecule has 1 aromatic carbocycles. The van der Waals surface area contributed by atoms with Crippen LogP contribution in [0.3, 0.4) is 0 Å². The van der Waals surface area contributed by atoms with Gasteiger partial charge in [0.2, 0.25) is 0 Å². The number of nitro benzene ring substituents is 1. The van der Waals surface area contributed by atoms with Crippen LogP contribution in [0.5, 0.6) is 0 Å². The third kappa shape index (κ3) is 6.78. The van der Waals surface area contributed by atoms with Crippen LogP contribution < -0.4 is 5.32 Å². The lowest BCUT2D eigenvalue weighted by molar-refractivity contribution is -0.385. The number of nitrogens with one attached hydrogen (secondary N) is 1. The first-order valence-electron chi connectivity index (χ1n) is 11.8. The highest BCUT2D eigenvalue weighted by Crippen LogP contribution is 2.44. The van der Waals surface area contributed by atoms with Crippen molar-refractivity contribution in [1.82, 2.24) is 9.62 Å². The maximum atomic E-state index is 11.0. The SMILES string of the molecule is CC(SN(C)C(C)(C)C=O)c1ccccc1[N+](=O)[O-].CNC1C(C)CC2CC(C)CC1C2. The van der Waals surface area contributed by atoms with Crippen LogP contribution in [0.4, 0.5) is 5.69 Å². The first kappa shape index (κ1) is 26.8. The molecule has 3 rings (SSSR count). The maximum Gasteiger partial charge on any atom is 0.273 e. The number of hydrogen-bond donors (Lipinski definition) is 1. The minimum Gasteiger partial charge on any atom is -0.316 e. The molecule has 2 aliphatic carbocycles. The Morgan fingerprint density at radius 2 is 1.88 bits per heavy atom. The summed E-state index contributed by atoms with van der Waals surface area (Å²) < 4.78 is 1.82. The van der Waals surface area contributed by atoms with Crippen molar-refractivity contribution < 1.29 is 9.72 Å². The van der Waals surface area contributed by atoms with Crippen LogP contribution in [0.2, 0.25) is 0 Å². The van der Waals surface area contributed by atoms with Crippen LogP contribution in [-0.4, -0.2) is 41.2 Å². The molecule has 1 N–H and O–H groups in total. The first-order chi connectivity index (χ1) is 15.0. The molecule has 2 fully saturated rings. The Balaban J connectivity index is 0.000000242. The number of benzene rings is 1. The highest BCUT2D eigenvalue weighted by atomic mass is 32.2. The molecule has 6 atom stereocenters. The molecule has 1 aromatic rings. The Bertz CT molecular complexity index is 769. The Labute approximate surface area is 198 Å². The van der Waals surface area contributed by atoms with E-state index >= 15 is 0 Å². The van der Waals surface area contributed by atoms with Gasteiger partial charge in [-0.2, -0.15) is 0 Å². The molecule has 6 unspecified atom stereocenters. The summed E-state index contributed by atoms with van der Waals surface area (Å²) in [6.07, 6.45) is 6.79. The molecular weight excluding hydrogens is 422 g/mol. The summed E-state index contributed by atoms with van der Waals surface area (Å²) in [5.41, 5.74) is 0.161. The highest BCUT2D eigenvalue weighted by Gasteiger charge is 2.39. The Kier molecular flexibility index (Phi) is 9.73. The van der Waals surface area contributed by atoms with E-state index in [0.717, 1.165) is 36.0 Å². The molecule has 7 heteroatoms. The molecule has 0 radical (unpaired) electrons. The standard InChI is InChI=1S/C13H18N2O3S.C12H23N/c1-10(19-14(4)13(2,3)9-16)11-7-5-6-8-12(11)15(17)18;1-8-4-10-6-9(2)12(13-3)11(5-8)7-10/h5-10H,1-4H3;8-13H,4-7H2,1-3H3. The number of aldehydes is 1. The molecule has 2 saturated carbocycles. The summed E-state index contributed by atoms with van der Waals surface area (Å²) in [6, 6.07) is 7.48. The number of fused-ring (bicyclic) bond motifs is 2. The van der Waals surface area contributed by atoms with Gasteiger partial charge in [0, 0.05) is 22.9 Å². The fourth-order valence-electron chi connectivity index (χ4n) is 5.45. The number of hydrogen-bond acceptors (Lipinski definition) is 6. The van der Waals surface area contributed by atoms with Gasteiger partial charge >= 0.3 is 0 Å². The van der Waals surface area contributed by atoms with Gasteiger partial charge in [0.1, 0.15) is 6.29 Å². The molecule has 0 heterocycles. The second kappa shape index (κ2) is 11.6. The van der Waals surface area contributed by atoms with Crippen LogP contribution >= 0.6 is 11.9 Å². The van der Waals surface area contributed by atoms with Crippen LogP contribution in [0.1, 0.15) is 71.1 Å². The molecule has 180 valence electrons. The topological polar surface area (TPSA) is 75.5 Å². The van der Waals surface area contributed by atoms with Gasteiger partial charge in [0.25, 0.3) is 5.69 Å². The third-order valence-electron chi connectivity index (χ3n) is 7.22. The summed E-state index contributed by atoms with van der Waals surface area (Å²) in [5, 5.41) is 14.4. The van der Waals surface area contributed by atoms with Gasteiger partial charge in [-0.25, -0.2) is 4.31 Å². The average molecular weight is 464 g/mol. The summed E-state index contributed by atoms with van der Waals surface area (Å²) in [6.45, 7) is 10.4. The van der Waals surface area contributed by atoms with Gasteiger partial charge in [-0.1, -0.05) is 44.0 Å². The lowest BCUT2D eigenvalue weighted by Crippen LogP contribution is -2.47. The van der Waals surface area contributed by atoms with E-state index in [4.69, 9.17) is 0 Å². The largest absolute Gasteiger partial charge is 0.316 e. The van der Waals surface area contributed by atoms with E-state index in [-0.39, 0.29) is 15.9 Å². The molecule has 32 heavy (non-hydrogen) atoms. The van der Waals surface area contributed by atoms with Crippen molar-refractivity contribution in [2.45, 2.75) is 77.1 Å². The van der Waals surface area contributed by atoms with Crippen molar-refractivity contribution in [3.05, 3.63) is 39.9 Å². The lowest BCUT2D eigenvalue weighted by Gasteiger charge is -2.46. The first-order valence-corrected chi connectivity index (χ1v) is 12.6. The maximum absolute atomic E-state index is 11.0. The van der Waals surface area contributed by atoms with Crippen molar-refractivity contribution in [2.24, 2.45) is 23.7 Å².